The summed E-state index contributed by atoms with van der Waals surface area (Å²) < 4.78 is 4.93. The number of hydrogen-bond donors (Lipinski definition) is 2. The predicted molar refractivity (Wildman–Crippen MR) is 70.1 cm³/mol. The molecule has 0 bridgehead atoms. The zero-order valence-electron chi connectivity index (χ0n) is 11.3. The highest BCUT2D eigenvalue weighted by molar-refractivity contribution is 5.88. The van der Waals surface area contributed by atoms with Crippen LogP contribution in [0.5, 0.6) is 0 Å². The Kier molecular flexibility index (Phi) is 4.93. The first-order chi connectivity index (χ1) is 9.18. The standard InChI is InChI=1S/C13H21N3O3/c1-16(10-4-2-3-5-10)7-6-14-9-12-11(13(17)18)8-15-19-12/h8,10,14H,2-7,9H2,1H3,(H,17,18). The lowest BCUT2D eigenvalue weighted by Crippen LogP contribution is -2.35. The molecule has 19 heavy (non-hydrogen) atoms. The quantitative estimate of drug-likeness (QED) is 0.726. The molecule has 1 saturated carbocycles. The molecule has 1 aliphatic carbocycles. The van der Waals surface area contributed by atoms with Crippen LogP contribution >= 0.6 is 0 Å². The van der Waals surface area contributed by atoms with Crippen molar-refractivity contribution in [3.05, 3.63) is 17.5 Å². The molecule has 1 aromatic heterocycles. The molecule has 2 N–H and O–H groups in total. The van der Waals surface area contributed by atoms with Crippen LogP contribution in [0.3, 0.4) is 0 Å². The third-order valence-electron chi connectivity index (χ3n) is 3.75. The minimum atomic E-state index is -0.999. The summed E-state index contributed by atoms with van der Waals surface area (Å²) in [5.74, 6) is -0.614. The summed E-state index contributed by atoms with van der Waals surface area (Å²) in [6.07, 6.45) is 6.50. The third-order valence-corrected chi connectivity index (χ3v) is 3.75. The molecular weight excluding hydrogens is 246 g/mol. The Morgan fingerprint density at radius 1 is 1.58 bits per heavy atom. The molecule has 0 saturated heterocycles. The van der Waals surface area contributed by atoms with Crippen molar-refractivity contribution in [1.29, 1.82) is 0 Å². The summed E-state index contributed by atoms with van der Waals surface area (Å²) in [5.41, 5.74) is 0.136. The van der Waals surface area contributed by atoms with Crippen LogP contribution in [0.4, 0.5) is 0 Å². The second-order valence-corrected chi connectivity index (χ2v) is 5.06. The van der Waals surface area contributed by atoms with Crippen LogP contribution in [-0.4, -0.2) is 47.3 Å². The number of nitrogens with zero attached hydrogens (tertiary/aromatic N) is 2. The van der Waals surface area contributed by atoms with Crippen molar-refractivity contribution in [2.45, 2.75) is 38.3 Å². The van der Waals surface area contributed by atoms with E-state index in [4.69, 9.17) is 9.63 Å². The number of hydrogen-bond acceptors (Lipinski definition) is 5. The average Bonchev–Trinajstić information content (AvgIpc) is 3.04. The molecule has 0 aliphatic heterocycles. The maximum absolute atomic E-state index is 10.9. The molecule has 6 heteroatoms. The molecule has 1 aliphatic rings. The molecule has 0 amide bonds. The van der Waals surface area contributed by atoms with E-state index in [1.165, 1.54) is 31.9 Å². The summed E-state index contributed by atoms with van der Waals surface area (Å²) in [6, 6.07) is 0.710. The van der Waals surface area contributed by atoms with Gasteiger partial charge in [-0.15, -0.1) is 0 Å². The van der Waals surface area contributed by atoms with E-state index >= 15 is 0 Å². The highest BCUT2D eigenvalue weighted by atomic mass is 16.5. The molecule has 106 valence electrons. The number of likely N-dealkylation sites (N-methyl/N-ethyl adjacent to an activating group) is 1. The first-order valence-corrected chi connectivity index (χ1v) is 6.76. The van der Waals surface area contributed by atoms with Crippen LogP contribution in [-0.2, 0) is 6.54 Å². The number of carboxylic acids is 1. The molecule has 2 rings (SSSR count). The first-order valence-electron chi connectivity index (χ1n) is 6.76. The van der Waals surface area contributed by atoms with Crippen molar-refractivity contribution in [3.63, 3.8) is 0 Å². The minimum Gasteiger partial charge on any atom is -0.478 e. The molecule has 1 aromatic rings. The Balaban J connectivity index is 1.68. The van der Waals surface area contributed by atoms with Gasteiger partial charge in [-0.2, -0.15) is 0 Å². The van der Waals surface area contributed by atoms with Gasteiger partial charge in [-0.3, -0.25) is 0 Å². The monoisotopic (exact) mass is 267 g/mol. The van der Waals surface area contributed by atoms with E-state index in [1.807, 2.05) is 0 Å². The van der Waals surface area contributed by atoms with Gasteiger partial charge >= 0.3 is 5.97 Å². The van der Waals surface area contributed by atoms with E-state index in [0.717, 1.165) is 13.1 Å². The topological polar surface area (TPSA) is 78.6 Å². The summed E-state index contributed by atoms with van der Waals surface area (Å²) in [6.45, 7) is 2.17. The fourth-order valence-electron chi connectivity index (χ4n) is 2.55. The molecular formula is C13H21N3O3. The van der Waals surface area contributed by atoms with E-state index in [0.29, 0.717) is 18.3 Å². The van der Waals surface area contributed by atoms with Crippen LogP contribution in [0, 0.1) is 0 Å². The van der Waals surface area contributed by atoms with E-state index in [-0.39, 0.29) is 5.56 Å². The van der Waals surface area contributed by atoms with Crippen molar-refractivity contribution in [2.75, 3.05) is 20.1 Å². The smallest absolute Gasteiger partial charge is 0.341 e. The molecule has 6 nitrogen and oxygen atoms in total. The average molecular weight is 267 g/mol. The number of rotatable bonds is 7. The summed E-state index contributed by atoms with van der Waals surface area (Å²) in [5, 5.41) is 15.6. The summed E-state index contributed by atoms with van der Waals surface area (Å²) in [7, 11) is 2.15. The first kappa shape index (κ1) is 14.0. The number of nitrogens with one attached hydrogen (secondary N) is 1. The van der Waals surface area contributed by atoms with Gasteiger partial charge in [0.15, 0.2) is 5.76 Å². The van der Waals surface area contributed by atoms with Crippen LogP contribution in [0.15, 0.2) is 10.7 Å². The molecule has 1 heterocycles. The predicted octanol–water partition coefficient (Wildman–Crippen LogP) is 1.34. The van der Waals surface area contributed by atoms with Crippen LogP contribution in [0.25, 0.3) is 0 Å². The number of aromatic carboxylic acids is 1. The van der Waals surface area contributed by atoms with Gasteiger partial charge in [-0.1, -0.05) is 18.0 Å². The highest BCUT2D eigenvalue weighted by Crippen LogP contribution is 2.21. The van der Waals surface area contributed by atoms with Crippen molar-refractivity contribution in [3.8, 4) is 0 Å². The maximum Gasteiger partial charge on any atom is 0.341 e. The van der Waals surface area contributed by atoms with Gasteiger partial charge in [-0.05, 0) is 19.9 Å². The zero-order valence-corrected chi connectivity index (χ0v) is 11.3. The summed E-state index contributed by atoms with van der Waals surface area (Å²) in [4.78, 5) is 13.2. The normalized spacial score (nSPS) is 16.3. The van der Waals surface area contributed by atoms with Crippen LogP contribution in [0.1, 0.15) is 41.8 Å². The Bertz CT molecular complexity index is 413. The molecule has 1 fully saturated rings. The Hall–Kier alpha value is -1.40. The largest absolute Gasteiger partial charge is 0.478 e. The lowest BCUT2D eigenvalue weighted by Gasteiger charge is -2.23. The minimum absolute atomic E-state index is 0.136. The van der Waals surface area contributed by atoms with Gasteiger partial charge < -0.3 is 19.8 Å². The Labute approximate surface area is 112 Å². The highest BCUT2D eigenvalue weighted by Gasteiger charge is 2.19. The third kappa shape index (κ3) is 3.78. The Morgan fingerprint density at radius 2 is 2.32 bits per heavy atom. The molecule has 0 aromatic carbocycles. The molecule has 0 radical (unpaired) electrons. The van der Waals surface area contributed by atoms with E-state index in [1.54, 1.807) is 0 Å². The fraction of sp³-hybridized carbons (Fsp3) is 0.692. The van der Waals surface area contributed by atoms with E-state index < -0.39 is 5.97 Å². The molecule has 0 atom stereocenters. The van der Waals surface area contributed by atoms with Crippen LogP contribution in [0.2, 0.25) is 0 Å². The number of carbonyl (C=O) groups is 1. The van der Waals surface area contributed by atoms with Gasteiger partial charge in [0.1, 0.15) is 5.56 Å². The maximum atomic E-state index is 10.9. The van der Waals surface area contributed by atoms with Gasteiger partial charge in [0.25, 0.3) is 0 Å². The zero-order chi connectivity index (χ0) is 13.7. The van der Waals surface area contributed by atoms with Gasteiger partial charge in [0.2, 0.25) is 0 Å². The SMILES string of the molecule is CN(CCNCc1oncc1C(=O)O)C1CCCC1. The van der Waals surface area contributed by atoms with Crippen molar-refractivity contribution in [2.24, 2.45) is 0 Å². The molecule has 0 spiro atoms. The lowest BCUT2D eigenvalue weighted by atomic mass is 10.2. The molecule has 0 unspecified atom stereocenters. The lowest BCUT2D eigenvalue weighted by molar-refractivity contribution is 0.0694. The van der Waals surface area contributed by atoms with Crippen molar-refractivity contribution in [1.82, 2.24) is 15.4 Å². The van der Waals surface area contributed by atoms with Crippen molar-refractivity contribution >= 4 is 5.97 Å². The number of carboxylic acid groups (broad SMARTS) is 1. The number of aromatic nitrogens is 1. The van der Waals surface area contributed by atoms with Crippen molar-refractivity contribution < 1.29 is 14.4 Å². The second kappa shape index (κ2) is 6.68. The Morgan fingerprint density at radius 3 is 3.00 bits per heavy atom. The fourth-order valence-corrected chi connectivity index (χ4v) is 2.55. The van der Waals surface area contributed by atoms with Crippen LogP contribution < -0.4 is 5.32 Å². The van der Waals surface area contributed by atoms with E-state index in [9.17, 15) is 4.79 Å². The van der Waals surface area contributed by atoms with Gasteiger partial charge in [0, 0.05) is 19.1 Å². The van der Waals surface area contributed by atoms with E-state index in [2.05, 4.69) is 22.4 Å². The second-order valence-electron chi connectivity index (χ2n) is 5.06. The summed E-state index contributed by atoms with van der Waals surface area (Å²) >= 11 is 0. The van der Waals surface area contributed by atoms with Gasteiger partial charge in [-0.25, -0.2) is 4.79 Å². The van der Waals surface area contributed by atoms with Gasteiger partial charge in [0.05, 0.1) is 12.7 Å².